The summed E-state index contributed by atoms with van der Waals surface area (Å²) in [6.07, 6.45) is 1.17. The van der Waals surface area contributed by atoms with Crippen molar-refractivity contribution in [3.05, 3.63) is 29.8 Å². The summed E-state index contributed by atoms with van der Waals surface area (Å²) in [5, 5.41) is 3.44. The van der Waals surface area contributed by atoms with Crippen molar-refractivity contribution >= 4 is 0 Å². The number of hydrogen-bond acceptors (Lipinski definition) is 2. The average Bonchev–Trinajstić information content (AvgIpc) is 2.29. The van der Waals surface area contributed by atoms with Crippen LogP contribution in [0.2, 0.25) is 0 Å². The van der Waals surface area contributed by atoms with E-state index in [1.54, 1.807) is 7.11 Å². The fraction of sp³-hybridized carbons (Fsp3) is 0.571. The van der Waals surface area contributed by atoms with Crippen LogP contribution in [0.1, 0.15) is 38.7 Å². The van der Waals surface area contributed by atoms with Gasteiger partial charge in [-0.05, 0) is 43.5 Å². The zero-order chi connectivity index (χ0) is 12.0. The lowest BCUT2D eigenvalue weighted by Gasteiger charge is -2.18. The highest BCUT2D eigenvalue weighted by atomic mass is 16.5. The van der Waals surface area contributed by atoms with Crippen molar-refractivity contribution in [1.82, 2.24) is 5.32 Å². The predicted octanol–water partition coefficient (Wildman–Crippen LogP) is 3.19. The molecule has 0 radical (unpaired) electrons. The highest BCUT2D eigenvalue weighted by Gasteiger charge is 2.09. The van der Waals surface area contributed by atoms with Crippen LogP contribution in [0.5, 0.6) is 5.75 Å². The molecule has 0 spiro atoms. The van der Waals surface area contributed by atoms with E-state index in [-0.39, 0.29) is 0 Å². The second kappa shape index (κ2) is 6.54. The van der Waals surface area contributed by atoms with Crippen LogP contribution in [0.25, 0.3) is 0 Å². The first-order valence-electron chi connectivity index (χ1n) is 6.04. The molecule has 0 fully saturated rings. The van der Waals surface area contributed by atoms with E-state index in [9.17, 15) is 0 Å². The van der Waals surface area contributed by atoms with Crippen molar-refractivity contribution in [2.75, 3.05) is 13.7 Å². The first kappa shape index (κ1) is 13.0. The molecule has 0 aliphatic carbocycles. The van der Waals surface area contributed by atoms with Crippen LogP contribution in [-0.2, 0) is 0 Å². The number of ether oxygens (including phenoxy) is 1. The minimum absolute atomic E-state index is 0.571. The lowest BCUT2D eigenvalue weighted by Crippen LogP contribution is -2.26. The van der Waals surface area contributed by atoms with E-state index in [4.69, 9.17) is 4.74 Å². The molecular weight excluding hydrogens is 198 g/mol. The lowest BCUT2D eigenvalue weighted by atomic mass is 9.94. The first-order chi connectivity index (χ1) is 7.67. The Morgan fingerprint density at radius 1 is 1.19 bits per heavy atom. The van der Waals surface area contributed by atoms with Crippen LogP contribution in [0, 0.1) is 0 Å². The second-order valence-electron chi connectivity index (χ2n) is 4.37. The van der Waals surface area contributed by atoms with E-state index in [0.717, 1.165) is 12.3 Å². The summed E-state index contributed by atoms with van der Waals surface area (Å²) in [7, 11) is 1.70. The van der Waals surface area contributed by atoms with Crippen LogP contribution in [0.3, 0.4) is 0 Å². The highest BCUT2D eigenvalue weighted by molar-refractivity contribution is 5.29. The number of methoxy groups -OCH3 is 1. The van der Waals surface area contributed by atoms with Gasteiger partial charge in [-0.25, -0.2) is 0 Å². The minimum Gasteiger partial charge on any atom is -0.497 e. The van der Waals surface area contributed by atoms with Crippen molar-refractivity contribution in [2.24, 2.45) is 0 Å². The van der Waals surface area contributed by atoms with E-state index >= 15 is 0 Å². The molecule has 0 saturated heterocycles. The summed E-state index contributed by atoms with van der Waals surface area (Å²) in [6.45, 7) is 7.70. The number of rotatable bonds is 6. The van der Waals surface area contributed by atoms with Crippen LogP contribution in [0.4, 0.5) is 0 Å². The van der Waals surface area contributed by atoms with Gasteiger partial charge in [-0.2, -0.15) is 0 Å². The zero-order valence-corrected chi connectivity index (χ0v) is 10.8. The summed E-state index contributed by atoms with van der Waals surface area (Å²) in [6, 6.07) is 8.94. The Morgan fingerprint density at radius 3 is 2.31 bits per heavy atom. The predicted molar refractivity (Wildman–Crippen MR) is 69.2 cm³/mol. The Morgan fingerprint density at radius 2 is 1.81 bits per heavy atom. The third-order valence-corrected chi connectivity index (χ3v) is 2.94. The molecule has 2 unspecified atom stereocenters. The van der Waals surface area contributed by atoms with Gasteiger partial charge in [0, 0.05) is 6.04 Å². The normalized spacial score (nSPS) is 14.5. The SMILES string of the molecule is CCNC(C)CC(C)c1ccc(OC)cc1. The Labute approximate surface area is 99.0 Å². The largest absolute Gasteiger partial charge is 0.497 e. The molecule has 0 heterocycles. The molecule has 0 aromatic heterocycles. The molecule has 1 aromatic rings. The smallest absolute Gasteiger partial charge is 0.118 e. The molecule has 0 amide bonds. The Kier molecular flexibility index (Phi) is 5.33. The van der Waals surface area contributed by atoms with Crippen LogP contribution in [0.15, 0.2) is 24.3 Å². The van der Waals surface area contributed by atoms with Gasteiger partial charge in [0.25, 0.3) is 0 Å². The van der Waals surface area contributed by atoms with E-state index in [1.807, 2.05) is 12.1 Å². The van der Waals surface area contributed by atoms with Gasteiger partial charge < -0.3 is 10.1 Å². The Bertz CT molecular complexity index is 294. The molecule has 2 atom stereocenters. The molecule has 90 valence electrons. The molecular formula is C14H23NO. The topological polar surface area (TPSA) is 21.3 Å². The quantitative estimate of drug-likeness (QED) is 0.796. The standard InChI is InChI=1S/C14H23NO/c1-5-15-12(3)10-11(2)13-6-8-14(16-4)9-7-13/h6-9,11-12,15H,5,10H2,1-4H3. The van der Waals surface area contributed by atoms with Crippen molar-refractivity contribution in [3.8, 4) is 5.75 Å². The van der Waals surface area contributed by atoms with E-state index in [1.165, 1.54) is 12.0 Å². The maximum atomic E-state index is 5.16. The lowest BCUT2D eigenvalue weighted by molar-refractivity contribution is 0.414. The first-order valence-corrected chi connectivity index (χ1v) is 6.04. The molecule has 2 nitrogen and oxygen atoms in total. The van der Waals surface area contributed by atoms with Crippen molar-refractivity contribution < 1.29 is 4.74 Å². The zero-order valence-electron chi connectivity index (χ0n) is 10.8. The minimum atomic E-state index is 0.571. The molecule has 1 N–H and O–H groups in total. The fourth-order valence-corrected chi connectivity index (χ4v) is 2.03. The van der Waals surface area contributed by atoms with Gasteiger partial charge in [-0.15, -0.1) is 0 Å². The molecule has 1 rings (SSSR count). The maximum Gasteiger partial charge on any atom is 0.118 e. The van der Waals surface area contributed by atoms with Gasteiger partial charge in [0.1, 0.15) is 5.75 Å². The molecule has 2 heteroatoms. The Hall–Kier alpha value is -1.02. The second-order valence-corrected chi connectivity index (χ2v) is 4.37. The van der Waals surface area contributed by atoms with Gasteiger partial charge in [0.05, 0.1) is 7.11 Å². The van der Waals surface area contributed by atoms with Gasteiger partial charge in [-0.3, -0.25) is 0 Å². The number of nitrogens with one attached hydrogen (secondary N) is 1. The summed E-state index contributed by atoms with van der Waals surface area (Å²) >= 11 is 0. The highest BCUT2D eigenvalue weighted by Crippen LogP contribution is 2.22. The molecule has 16 heavy (non-hydrogen) atoms. The summed E-state index contributed by atoms with van der Waals surface area (Å²) in [4.78, 5) is 0. The third-order valence-electron chi connectivity index (χ3n) is 2.94. The molecule has 0 bridgehead atoms. The Balaban J connectivity index is 2.55. The van der Waals surface area contributed by atoms with E-state index in [2.05, 4.69) is 38.2 Å². The van der Waals surface area contributed by atoms with Crippen molar-refractivity contribution in [1.29, 1.82) is 0 Å². The molecule has 0 aliphatic rings. The van der Waals surface area contributed by atoms with Crippen LogP contribution in [-0.4, -0.2) is 19.7 Å². The van der Waals surface area contributed by atoms with Gasteiger partial charge >= 0.3 is 0 Å². The fourth-order valence-electron chi connectivity index (χ4n) is 2.03. The molecule has 0 saturated carbocycles. The van der Waals surface area contributed by atoms with E-state index in [0.29, 0.717) is 12.0 Å². The summed E-state index contributed by atoms with van der Waals surface area (Å²) in [5.41, 5.74) is 1.38. The summed E-state index contributed by atoms with van der Waals surface area (Å²) in [5.74, 6) is 1.51. The third kappa shape index (κ3) is 3.86. The maximum absolute atomic E-state index is 5.16. The van der Waals surface area contributed by atoms with Crippen molar-refractivity contribution in [2.45, 2.75) is 39.2 Å². The van der Waals surface area contributed by atoms with Crippen molar-refractivity contribution in [3.63, 3.8) is 0 Å². The molecule has 0 aliphatic heterocycles. The van der Waals surface area contributed by atoms with Gasteiger partial charge in [-0.1, -0.05) is 26.0 Å². The number of hydrogen-bond donors (Lipinski definition) is 1. The van der Waals surface area contributed by atoms with E-state index < -0.39 is 0 Å². The van der Waals surface area contributed by atoms with Crippen LogP contribution < -0.4 is 10.1 Å². The van der Waals surface area contributed by atoms with Gasteiger partial charge in [0.15, 0.2) is 0 Å². The molecule has 1 aromatic carbocycles. The van der Waals surface area contributed by atoms with Crippen LogP contribution >= 0.6 is 0 Å². The average molecular weight is 221 g/mol. The number of benzene rings is 1. The monoisotopic (exact) mass is 221 g/mol. The van der Waals surface area contributed by atoms with Gasteiger partial charge in [0.2, 0.25) is 0 Å². The summed E-state index contributed by atoms with van der Waals surface area (Å²) < 4.78 is 5.16.